The standard InChI is InChI=1S/C28H35N7O4S2/c1-2-39-25-16-29-14-23(32-25)24-15-31-28(40-24)27(36)33-26(18-10-12-35(17-18)20-5-3-4-6-20)22-13-19(9-11-30-22)34-41(37,38)21-7-8-21/h9,11,13-16,18,20-21,26H,2-8,10,12,17H2,1H3,(H,30,34)(H,33,36)/t18-,26+/m1/s1. The first-order valence-corrected chi connectivity index (χ1v) is 16.7. The summed E-state index contributed by atoms with van der Waals surface area (Å²) in [7, 11) is -3.42. The zero-order valence-corrected chi connectivity index (χ0v) is 24.7. The van der Waals surface area contributed by atoms with Gasteiger partial charge in [0.15, 0.2) is 5.01 Å². The van der Waals surface area contributed by atoms with Gasteiger partial charge in [-0.25, -0.2) is 18.4 Å². The van der Waals surface area contributed by atoms with Crippen LogP contribution < -0.4 is 14.8 Å². The number of carbonyl (C=O) groups is 1. The largest absolute Gasteiger partial charge is 0.477 e. The Morgan fingerprint density at radius 2 is 1.98 bits per heavy atom. The van der Waals surface area contributed by atoms with Crippen molar-refractivity contribution in [3.05, 3.63) is 47.6 Å². The Kier molecular flexibility index (Phi) is 8.18. The van der Waals surface area contributed by atoms with E-state index in [0.717, 1.165) is 19.5 Å². The van der Waals surface area contributed by atoms with Gasteiger partial charge in [0.25, 0.3) is 5.91 Å². The number of nitrogens with one attached hydrogen (secondary N) is 2. The summed E-state index contributed by atoms with van der Waals surface area (Å²) < 4.78 is 33.4. The second-order valence-corrected chi connectivity index (χ2v) is 13.9. The smallest absolute Gasteiger partial charge is 0.280 e. The van der Waals surface area contributed by atoms with E-state index in [1.165, 1.54) is 37.0 Å². The van der Waals surface area contributed by atoms with Crippen molar-refractivity contribution in [1.29, 1.82) is 0 Å². The van der Waals surface area contributed by atoms with Gasteiger partial charge in [0.1, 0.15) is 5.69 Å². The number of nitrogens with zero attached hydrogens (tertiary/aromatic N) is 5. The zero-order valence-electron chi connectivity index (χ0n) is 23.0. The summed E-state index contributed by atoms with van der Waals surface area (Å²) in [6.45, 7) is 4.20. The number of anilines is 1. The highest BCUT2D eigenvalue weighted by Gasteiger charge is 2.38. The number of ether oxygens (including phenoxy) is 1. The zero-order chi connectivity index (χ0) is 28.4. The third-order valence-corrected chi connectivity index (χ3v) is 10.9. The fourth-order valence-corrected chi connectivity index (χ4v) is 7.97. The van der Waals surface area contributed by atoms with E-state index >= 15 is 0 Å². The van der Waals surface area contributed by atoms with E-state index in [2.05, 4.69) is 34.9 Å². The van der Waals surface area contributed by atoms with Crippen LogP contribution in [0.4, 0.5) is 5.69 Å². The van der Waals surface area contributed by atoms with Gasteiger partial charge in [0.2, 0.25) is 15.9 Å². The lowest BCUT2D eigenvalue weighted by Crippen LogP contribution is -2.37. The van der Waals surface area contributed by atoms with Crippen molar-refractivity contribution in [3.63, 3.8) is 0 Å². The van der Waals surface area contributed by atoms with E-state index in [9.17, 15) is 13.2 Å². The van der Waals surface area contributed by atoms with E-state index in [-0.39, 0.29) is 17.1 Å². The van der Waals surface area contributed by atoms with E-state index in [1.54, 1.807) is 36.9 Å². The van der Waals surface area contributed by atoms with Crippen molar-refractivity contribution in [1.82, 2.24) is 30.2 Å². The van der Waals surface area contributed by atoms with E-state index < -0.39 is 16.1 Å². The highest BCUT2D eigenvalue weighted by Crippen LogP contribution is 2.36. The lowest BCUT2D eigenvalue weighted by Gasteiger charge is -2.27. The molecule has 0 bridgehead atoms. The summed E-state index contributed by atoms with van der Waals surface area (Å²) >= 11 is 1.24. The third-order valence-electron chi connectivity index (χ3n) is 8.04. The molecule has 3 fully saturated rings. The molecule has 0 radical (unpaired) electrons. The minimum Gasteiger partial charge on any atom is -0.477 e. The molecule has 2 N–H and O–H groups in total. The van der Waals surface area contributed by atoms with Crippen molar-refractivity contribution in [2.75, 3.05) is 24.4 Å². The van der Waals surface area contributed by atoms with Crippen molar-refractivity contribution in [2.24, 2.45) is 5.92 Å². The van der Waals surface area contributed by atoms with Crippen LogP contribution in [0, 0.1) is 5.92 Å². The molecule has 3 aromatic heterocycles. The second-order valence-electron chi connectivity index (χ2n) is 11.0. The van der Waals surface area contributed by atoms with Gasteiger partial charge in [-0.1, -0.05) is 12.8 Å². The van der Waals surface area contributed by atoms with Gasteiger partial charge in [-0.05, 0) is 63.6 Å². The Balaban J connectivity index is 1.23. The molecule has 218 valence electrons. The maximum atomic E-state index is 13.6. The van der Waals surface area contributed by atoms with Gasteiger partial charge in [0.05, 0.1) is 46.6 Å². The summed E-state index contributed by atoms with van der Waals surface area (Å²) in [5, 5.41) is 3.19. The number of hydrogen-bond acceptors (Lipinski definition) is 10. The lowest BCUT2D eigenvalue weighted by molar-refractivity contribution is 0.0919. The maximum Gasteiger partial charge on any atom is 0.280 e. The van der Waals surface area contributed by atoms with Crippen LogP contribution in [0.2, 0.25) is 0 Å². The average Bonchev–Trinajstić information content (AvgIpc) is 3.34. The SMILES string of the molecule is CCOc1cncc(-c2cnc(C(=O)N[C@H](c3cc(NS(=O)(=O)C4CC4)ccn3)[C@@H]3CCN(C4CCCC4)C3)s2)n1. The Hall–Kier alpha value is -3.16. The van der Waals surface area contributed by atoms with Crippen LogP contribution >= 0.6 is 11.3 Å². The number of rotatable bonds is 11. The summed E-state index contributed by atoms with van der Waals surface area (Å²) in [6.07, 6.45) is 13.6. The summed E-state index contributed by atoms with van der Waals surface area (Å²) in [4.78, 5) is 34.5. The molecule has 3 aliphatic rings. The maximum absolute atomic E-state index is 13.6. The van der Waals surface area contributed by atoms with Crippen LogP contribution in [-0.4, -0.2) is 70.1 Å². The molecule has 41 heavy (non-hydrogen) atoms. The van der Waals surface area contributed by atoms with Crippen LogP contribution in [-0.2, 0) is 10.0 Å². The van der Waals surface area contributed by atoms with Crippen molar-refractivity contribution in [2.45, 2.75) is 69.2 Å². The second kappa shape index (κ2) is 12.0. The molecule has 0 aromatic carbocycles. The molecule has 2 saturated carbocycles. The minimum atomic E-state index is -3.42. The molecule has 13 heteroatoms. The normalized spacial score (nSPS) is 20.7. The molecule has 6 rings (SSSR count). The molecule has 2 aliphatic carbocycles. The van der Waals surface area contributed by atoms with Crippen LogP contribution in [0.3, 0.4) is 0 Å². The number of hydrogen-bond donors (Lipinski definition) is 2. The lowest BCUT2D eigenvalue weighted by atomic mass is 9.95. The highest BCUT2D eigenvalue weighted by atomic mass is 32.2. The Labute approximate surface area is 244 Å². The number of carbonyl (C=O) groups excluding carboxylic acids is 1. The summed E-state index contributed by atoms with van der Waals surface area (Å²) in [6, 6.07) is 3.61. The summed E-state index contributed by atoms with van der Waals surface area (Å²) in [5.74, 6) is 0.251. The number of amides is 1. The van der Waals surface area contributed by atoms with Gasteiger partial charge in [-0.15, -0.1) is 11.3 Å². The van der Waals surface area contributed by atoms with Gasteiger partial charge >= 0.3 is 0 Å². The Morgan fingerprint density at radius 1 is 1.15 bits per heavy atom. The first-order valence-electron chi connectivity index (χ1n) is 14.3. The number of aromatic nitrogens is 4. The van der Waals surface area contributed by atoms with Gasteiger partial charge in [0, 0.05) is 25.0 Å². The topological polar surface area (TPSA) is 139 Å². The monoisotopic (exact) mass is 597 g/mol. The first kappa shape index (κ1) is 28.0. The third kappa shape index (κ3) is 6.52. The minimum absolute atomic E-state index is 0.135. The molecule has 1 saturated heterocycles. The molecular formula is C28H35N7O4S2. The highest BCUT2D eigenvalue weighted by molar-refractivity contribution is 7.93. The molecule has 1 aliphatic heterocycles. The van der Waals surface area contributed by atoms with E-state index in [1.807, 2.05) is 6.92 Å². The van der Waals surface area contributed by atoms with Crippen molar-refractivity contribution >= 4 is 33.0 Å². The van der Waals surface area contributed by atoms with Crippen molar-refractivity contribution < 1.29 is 17.9 Å². The van der Waals surface area contributed by atoms with E-state index in [4.69, 9.17) is 4.74 Å². The predicted octanol–water partition coefficient (Wildman–Crippen LogP) is 4.03. The predicted molar refractivity (Wildman–Crippen MR) is 156 cm³/mol. The van der Waals surface area contributed by atoms with E-state index in [0.29, 0.717) is 58.3 Å². The summed E-state index contributed by atoms with van der Waals surface area (Å²) in [5.41, 5.74) is 1.69. The molecule has 4 heterocycles. The van der Waals surface area contributed by atoms with Crippen LogP contribution in [0.5, 0.6) is 5.88 Å². The average molecular weight is 598 g/mol. The number of likely N-dealkylation sites (tertiary alicyclic amines) is 1. The Bertz CT molecular complexity index is 1490. The van der Waals surface area contributed by atoms with Crippen molar-refractivity contribution in [3.8, 4) is 16.5 Å². The number of sulfonamides is 1. The fourth-order valence-electron chi connectivity index (χ4n) is 5.81. The quantitative estimate of drug-likeness (QED) is 0.335. The molecular weight excluding hydrogens is 562 g/mol. The molecule has 2 atom stereocenters. The molecule has 1 amide bonds. The fraction of sp³-hybridized carbons (Fsp3) is 0.536. The van der Waals surface area contributed by atoms with Crippen LogP contribution in [0.15, 0.2) is 36.9 Å². The van der Waals surface area contributed by atoms with Gasteiger partial charge in [-0.2, -0.15) is 0 Å². The molecule has 0 spiro atoms. The molecule has 3 aromatic rings. The van der Waals surface area contributed by atoms with Gasteiger partial charge < -0.3 is 15.0 Å². The number of pyridine rings is 1. The molecule has 11 nitrogen and oxygen atoms in total. The van der Waals surface area contributed by atoms with Gasteiger partial charge in [-0.3, -0.25) is 19.5 Å². The van der Waals surface area contributed by atoms with Crippen LogP contribution in [0.1, 0.15) is 73.4 Å². The molecule has 0 unspecified atom stereocenters. The number of thiazole rings is 1. The Morgan fingerprint density at radius 3 is 2.76 bits per heavy atom. The van der Waals surface area contributed by atoms with Crippen LogP contribution in [0.25, 0.3) is 10.6 Å². The first-order chi connectivity index (χ1) is 19.9.